The predicted octanol–water partition coefficient (Wildman–Crippen LogP) is 2.37. The first kappa shape index (κ1) is 11.1. The highest BCUT2D eigenvalue weighted by Crippen LogP contribution is 2.20. The Kier molecular flexibility index (Phi) is 3.57. The van der Waals surface area contributed by atoms with Crippen LogP contribution < -0.4 is 4.74 Å². The highest BCUT2D eigenvalue weighted by molar-refractivity contribution is 5.79. The molecule has 1 aromatic rings. The normalized spacial score (nSPS) is 19.7. The molecule has 1 aromatic carbocycles. The third-order valence-corrected chi connectivity index (χ3v) is 2.74. The average molecular weight is 220 g/mol. The maximum atomic E-state index is 10.9. The first-order valence-corrected chi connectivity index (χ1v) is 5.60. The van der Waals surface area contributed by atoms with Crippen molar-refractivity contribution >= 4 is 6.29 Å². The van der Waals surface area contributed by atoms with Crippen molar-refractivity contribution in [1.29, 1.82) is 0 Å². The number of ether oxygens (including phenoxy) is 2. The zero-order chi connectivity index (χ0) is 11.4. The summed E-state index contributed by atoms with van der Waals surface area (Å²) in [6, 6.07) is 5.61. The molecule has 0 amide bonds. The molecule has 3 nitrogen and oxygen atoms in total. The number of rotatable bonds is 4. The van der Waals surface area contributed by atoms with Crippen LogP contribution in [0.15, 0.2) is 18.2 Å². The second-order valence-corrected chi connectivity index (χ2v) is 4.11. The molecule has 2 rings (SSSR count). The Hall–Kier alpha value is -1.35. The van der Waals surface area contributed by atoms with Gasteiger partial charge in [0.05, 0.1) is 11.7 Å². The molecular weight excluding hydrogens is 204 g/mol. The van der Waals surface area contributed by atoms with E-state index >= 15 is 0 Å². The molecule has 86 valence electrons. The van der Waals surface area contributed by atoms with Crippen molar-refractivity contribution in [3.8, 4) is 5.75 Å². The summed E-state index contributed by atoms with van der Waals surface area (Å²) in [7, 11) is 0. The maximum Gasteiger partial charge on any atom is 0.153 e. The van der Waals surface area contributed by atoms with Gasteiger partial charge in [-0.05, 0) is 31.9 Å². The number of benzene rings is 1. The first-order valence-electron chi connectivity index (χ1n) is 5.60. The quantitative estimate of drug-likeness (QED) is 0.731. The summed E-state index contributed by atoms with van der Waals surface area (Å²) in [4.78, 5) is 10.9. The van der Waals surface area contributed by atoms with Crippen LogP contribution in [-0.2, 0) is 4.74 Å². The van der Waals surface area contributed by atoms with E-state index in [1.807, 2.05) is 25.1 Å². The molecule has 0 spiro atoms. The van der Waals surface area contributed by atoms with Crippen molar-refractivity contribution in [2.24, 2.45) is 0 Å². The fourth-order valence-electron chi connectivity index (χ4n) is 1.85. The first-order chi connectivity index (χ1) is 7.79. The van der Waals surface area contributed by atoms with E-state index in [2.05, 4.69) is 0 Å². The lowest BCUT2D eigenvalue weighted by molar-refractivity contribution is 0.0675. The summed E-state index contributed by atoms with van der Waals surface area (Å²) in [5.74, 6) is 0.649. The minimum absolute atomic E-state index is 0.181. The lowest BCUT2D eigenvalue weighted by Gasteiger charge is -2.13. The molecule has 0 aliphatic carbocycles. The smallest absolute Gasteiger partial charge is 0.153 e. The van der Waals surface area contributed by atoms with Crippen molar-refractivity contribution in [3.63, 3.8) is 0 Å². The van der Waals surface area contributed by atoms with Gasteiger partial charge in [0.2, 0.25) is 0 Å². The maximum absolute atomic E-state index is 10.9. The molecule has 1 heterocycles. The third-order valence-electron chi connectivity index (χ3n) is 2.74. The van der Waals surface area contributed by atoms with E-state index in [0.717, 1.165) is 31.3 Å². The molecule has 1 atom stereocenters. The van der Waals surface area contributed by atoms with Gasteiger partial charge in [-0.1, -0.05) is 11.6 Å². The van der Waals surface area contributed by atoms with Crippen molar-refractivity contribution in [1.82, 2.24) is 0 Å². The number of carbonyl (C=O) groups excluding carboxylic acids is 1. The molecule has 0 N–H and O–H groups in total. The largest absolute Gasteiger partial charge is 0.490 e. The number of aldehydes is 1. The molecule has 16 heavy (non-hydrogen) atoms. The topological polar surface area (TPSA) is 35.5 Å². The van der Waals surface area contributed by atoms with Gasteiger partial charge in [0.1, 0.15) is 12.4 Å². The molecule has 3 heteroatoms. The van der Waals surface area contributed by atoms with Crippen molar-refractivity contribution in [3.05, 3.63) is 29.3 Å². The zero-order valence-corrected chi connectivity index (χ0v) is 9.44. The molecule has 0 aromatic heterocycles. The molecule has 1 fully saturated rings. The molecule has 0 saturated carbocycles. The van der Waals surface area contributed by atoms with Crippen LogP contribution in [-0.4, -0.2) is 25.6 Å². The van der Waals surface area contributed by atoms with Crippen LogP contribution in [0.1, 0.15) is 28.8 Å². The van der Waals surface area contributed by atoms with Gasteiger partial charge in [0, 0.05) is 6.61 Å². The Balaban J connectivity index is 1.99. The van der Waals surface area contributed by atoms with E-state index in [4.69, 9.17) is 9.47 Å². The fourth-order valence-corrected chi connectivity index (χ4v) is 1.85. The molecule has 1 aliphatic rings. The van der Waals surface area contributed by atoms with Gasteiger partial charge in [-0.2, -0.15) is 0 Å². The molecular formula is C13H16O3. The minimum Gasteiger partial charge on any atom is -0.490 e. The second-order valence-electron chi connectivity index (χ2n) is 4.11. The molecule has 0 bridgehead atoms. The monoisotopic (exact) mass is 220 g/mol. The Morgan fingerprint density at radius 3 is 3.12 bits per heavy atom. The SMILES string of the molecule is Cc1ccc(OCC2CCCO2)c(C=O)c1. The van der Waals surface area contributed by atoms with E-state index in [9.17, 15) is 4.79 Å². The molecule has 0 radical (unpaired) electrons. The van der Waals surface area contributed by atoms with Gasteiger partial charge < -0.3 is 9.47 Å². The van der Waals surface area contributed by atoms with Gasteiger partial charge in [0.15, 0.2) is 6.29 Å². The molecule has 1 saturated heterocycles. The Morgan fingerprint density at radius 2 is 2.44 bits per heavy atom. The highest BCUT2D eigenvalue weighted by atomic mass is 16.5. The summed E-state index contributed by atoms with van der Waals surface area (Å²) in [5.41, 5.74) is 1.67. The van der Waals surface area contributed by atoms with E-state index in [1.54, 1.807) is 0 Å². The lowest BCUT2D eigenvalue weighted by Crippen LogP contribution is -2.16. The summed E-state index contributed by atoms with van der Waals surface area (Å²) in [6.07, 6.45) is 3.16. The summed E-state index contributed by atoms with van der Waals surface area (Å²) in [5, 5.41) is 0. The second kappa shape index (κ2) is 5.12. The lowest BCUT2D eigenvalue weighted by atomic mass is 10.1. The van der Waals surface area contributed by atoms with E-state index in [0.29, 0.717) is 17.9 Å². The van der Waals surface area contributed by atoms with Crippen LogP contribution in [0.25, 0.3) is 0 Å². The Bertz CT molecular complexity index is 367. The molecule has 1 aliphatic heterocycles. The fraction of sp³-hybridized carbons (Fsp3) is 0.462. The van der Waals surface area contributed by atoms with E-state index in [1.165, 1.54) is 0 Å². The van der Waals surface area contributed by atoms with E-state index in [-0.39, 0.29) is 6.10 Å². The Morgan fingerprint density at radius 1 is 1.56 bits per heavy atom. The minimum atomic E-state index is 0.181. The summed E-state index contributed by atoms with van der Waals surface area (Å²) in [6.45, 7) is 3.31. The van der Waals surface area contributed by atoms with E-state index < -0.39 is 0 Å². The van der Waals surface area contributed by atoms with Crippen LogP contribution in [0.5, 0.6) is 5.75 Å². The predicted molar refractivity (Wildman–Crippen MR) is 61.0 cm³/mol. The summed E-state index contributed by atoms with van der Waals surface area (Å²) < 4.78 is 11.1. The van der Waals surface area contributed by atoms with Gasteiger partial charge in [-0.3, -0.25) is 4.79 Å². The standard InChI is InChI=1S/C13H16O3/c1-10-4-5-13(11(7-10)8-14)16-9-12-3-2-6-15-12/h4-5,7-8,12H,2-3,6,9H2,1H3. The van der Waals surface area contributed by atoms with Crippen LogP contribution in [0.4, 0.5) is 0 Å². The van der Waals surface area contributed by atoms with Gasteiger partial charge in [0.25, 0.3) is 0 Å². The number of hydrogen-bond donors (Lipinski definition) is 0. The molecule has 1 unspecified atom stereocenters. The van der Waals surface area contributed by atoms with Crippen molar-refractivity contribution < 1.29 is 14.3 Å². The number of hydrogen-bond acceptors (Lipinski definition) is 3. The van der Waals surface area contributed by atoms with Crippen LogP contribution >= 0.6 is 0 Å². The highest BCUT2D eigenvalue weighted by Gasteiger charge is 2.16. The van der Waals surface area contributed by atoms with Crippen LogP contribution in [0.2, 0.25) is 0 Å². The zero-order valence-electron chi connectivity index (χ0n) is 9.44. The number of aryl methyl sites for hydroxylation is 1. The average Bonchev–Trinajstić information content (AvgIpc) is 2.80. The van der Waals surface area contributed by atoms with Crippen molar-refractivity contribution in [2.75, 3.05) is 13.2 Å². The Labute approximate surface area is 95.4 Å². The van der Waals surface area contributed by atoms with Crippen LogP contribution in [0, 0.1) is 6.92 Å². The van der Waals surface area contributed by atoms with Gasteiger partial charge in [-0.25, -0.2) is 0 Å². The van der Waals surface area contributed by atoms with Gasteiger partial charge >= 0.3 is 0 Å². The van der Waals surface area contributed by atoms with Gasteiger partial charge in [-0.15, -0.1) is 0 Å². The number of carbonyl (C=O) groups is 1. The third kappa shape index (κ3) is 2.61. The van der Waals surface area contributed by atoms with Crippen LogP contribution in [0.3, 0.4) is 0 Å². The van der Waals surface area contributed by atoms with Crippen molar-refractivity contribution in [2.45, 2.75) is 25.9 Å². The summed E-state index contributed by atoms with van der Waals surface area (Å²) >= 11 is 0.